The maximum absolute atomic E-state index is 5.77. The molecule has 0 saturated carbocycles. The molecule has 3 rings (SSSR count). The molecule has 1 saturated heterocycles. The van der Waals surface area contributed by atoms with E-state index in [2.05, 4.69) is 48.6 Å². The number of aryl methyl sites for hydroxylation is 1. The van der Waals surface area contributed by atoms with Crippen molar-refractivity contribution in [1.29, 1.82) is 0 Å². The van der Waals surface area contributed by atoms with E-state index in [-0.39, 0.29) is 6.10 Å². The number of rotatable bonds is 1. The van der Waals surface area contributed by atoms with Gasteiger partial charge in [-0.3, -0.25) is 0 Å². The first kappa shape index (κ1) is 10.8. The van der Waals surface area contributed by atoms with Gasteiger partial charge in [0.1, 0.15) is 0 Å². The minimum Gasteiger partial charge on any atom is -0.371 e. The van der Waals surface area contributed by atoms with Crippen LogP contribution < -0.4 is 5.32 Å². The lowest BCUT2D eigenvalue weighted by Crippen LogP contribution is -2.33. The molecule has 88 valence electrons. The maximum Gasteiger partial charge on any atom is 0.0950 e. The van der Waals surface area contributed by atoms with Crippen LogP contribution in [0.3, 0.4) is 0 Å². The molecule has 1 unspecified atom stereocenters. The van der Waals surface area contributed by atoms with E-state index in [0.29, 0.717) is 0 Å². The van der Waals surface area contributed by atoms with Crippen LogP contribution in [-0.4, -0.2) is 19.7 Å². The first-order chi connectivity index (χ1) is 8.33. The van der Waals surface area contributed by atoms with Gasteiger partial charge in [-0.2, -0.15) is 0 Å². The van der Waals surface area contributed by atoms with Gasteiger partial charge in [-0.25, -0.2) is 0 Å². The molecule has 0 bridgehead atoms. The Kier molecular flexibility index (Phi) is 2.83. The van der Waals surface area contributed by atoms with E-state index >= 15 is 0 Å². The first-order valence-electron chi connectivity index (χ1n) is 6.15. The Hall–Kier alpha value is -1.38. The average Bonchev–Trinajstić information content (AvgIpc) is 2.39. The Labute approximate surface area is 102 Å². The van der Waals surface area contributed by atoms with Crippen molar-refractivity contribution in [1.82, 2.24) is 5.32 Å². The van der Waals surface area contributed by atoms with E-state index in [1.54, 1.807) is 0 Å². The van der Waals surface area contributed by atoms with Crippen molar-refractivity contribution in [3.05, 3.63) is 47.5 Å². The number of ether oxygens (including phenoxy) is 1. The molecule has 1 heterocycles. The van der Waals surface area contributed by atoms with Crippen LogP contribution in [0.1, 0.15) is 17.2 Å². The average molecular weight is 227 g/mol. The number of hydrogen-bond donors (Lipinski definition) is 1. The molecule has 0 spiro atoms. The molecule has 1 N–H and O–H groups in total. The first-order valence-corrected chi connectivity index (χ1v) is 6.15. The Balaban J connectivity index is 1.98. The van der Waals surface area contributed by atoms with Gasteiger partial charge in [-0.15, -0.1) is 0 Å². The standard InChI is InChI=1S/C15H17NO/c1-11-2-3-13-9-14(5-4-12(13)8-11)15-10-16-6-7-17-15/h2-5,8-9,15-16H,6-7,10H2,1H3. The number of benzene rings is 2. The predicted octanol–water partition coefficient (Wildman–Crippen LogP) is 2.81. The monoisotopic (exact) mass is 227 g/mol. The molecule has 1 aliphatic rings. The Bertz CT molecular complexity index is 529. The molecule has 1 atom stereocenters. The lowest BCUT2D eigenvalue weighted by Gasteiger charge is -2.24. The Morgan fingerprint density at radius 2 is 1.94 bits per heavy atom. The van der Waals surface area contributed by atoms with Gasteiger partial charge in [-0.05, 0) is 29.3 Å². The van der Waals surface area contributed by atoms with Crippen LogP contribution in [-0.2, 0) is 4.74 Å². The minimum atomic E-state index is 0.203. The van der Waals surface area contributed by atoms with Crippen LogP contribution in [0.2, 0.25) is 0 Å². The summed E-state index contributed by atoms with van der Waals surface area (Å²) < 4.78 is 5.77. The van der Waals surface area contributed by atoms with Crippen molar-refractivity contribution in [2.24, 2.45) is 0 Å². The van der Waals surface area contributed by atoms with Gasteiger partial charge >= 0.3 is 0 Å². The molecule has 2 nitrogen and oxygen atoms in total. The molecule has 17 heavy (non-hydrogen) atoms. The smallest absolute Gasteiger partial charge is 0.0950 e. The zero-order valence-electron chi connectivity index (χ0n) is 10.1. The zero-order chi connectivity index (χ0) is 11.7. The lowest BCUT2D eigenvalue weighted by molar-refractivity contribution is 0.0278. The summed E-state index contributed by atoms with van der Waals surface area (Å²) in [5.74, 6) is 0. The fraction of sp³-hybridized carbons (Fsp3) is 0.333. The summed E-state index contributed by atoms with van der Waals surface area (Å²) in [5, 5.41) is 5.96. The van der Waals surface area contributed by atoms with E-state index in [1.807, 2.05) is 0 Å². The van der Waals surface area contributed by atoms with Crippen molar-refractivity contribution < 1.29 is 4.74 Å². The molecule has 0 amide bonds. The Morgan fingerprint density at radius 1 is 1.12 bits per heavy atom. The van der Waals surface area contributed by atoms with Crippen LogP contribution >= 0.6 is 0 Å². The van der Waals surface area contributed by atoms with E-state index in [4.69, 9.17) is 4.74 Å². The maximum atomic E-state index is 5.77. The van der Waals surface area contributed by atoms with Crippen LogP contribution in [0, 0.1) is 6.92 Å². The second kappa shape index (κ2) is 4.47. The second-order valence-electron chi connectivity index (χ2n) is 4.67. The Morgan fingerprint density at radius 3 is 2.76 bits per heavy atom. The van der Waals surface area contributed by atoms with E-state index < -0.39 is 0 Å². The predicted molar refractivity (Wildman–Crippen MR) is 70.2 cm³/mol. The number of nitrogens with one attached hydrogen (secondary N) is 1. The summed E-state index contributed by atoms with van der Waals surface area (Å²) >= 11 is 0. The molecule has 2 aromatic carbocycles. The van der Waals surface area contributed by atoms with Gasteiger partial charge in [0.05, 0.1) is 12.7 Å². The summed E-state index contributed by atoms with van der Waals surface area (Å²) in [4.78, 5) is 0. The van der Waals surface area contributed by atoms with Gasteiger partial charge in [0.15, 0.2) is 0 Å². The number of morpholine rings is 1. The minimum absolute atomic E-state index is 0.203. The van der Waals surface area contributed by atoms with Crippen molar-refractivity contribution in [2.45, 2.75) is 13.0 Å². The number of hydrogen-bond acceptors (Lipinski definition) is 2. The van der Waals surface area contributed by atoms with Gasteiger partial charge in [0, 0.05) is 13.1 Å². The fourth-order valence-electron chi connectivity index (χ4n) is 2.36. The SMILES string of the molecule is Cc1ccc2cc(C3CNCCO3)ccc2c1. The largest absolute Gasteiger partial charge is 0.371 e. The summed E-state index contributed by atoms with van der Waals surface area (Å²) in [7, 11) is 0. The van der Waals surface area contributed by atoms with Crippen molar-refractivity contribution in [3.8, 4) is 0 Å². The molecule has 1 aliphatic heterocycles. The third kappa shape index (κ3) is 2.19. The van der Waals surface area contributed by atoms with Gasteiger partial charge in [0.25, 0.3) is 0 Å². The second-order valence-corrected chi connectivity index (χ2v) is 4.67. The fourth-order valence-corrected chi connectivity index (χ4v) is 2.36. The van der Waals surface area contributed by atoms with Crippen LogP contribution in [0.15, 0.2) is 36.4 Å². The van der Waals surface area contributed by atoms with Gasteiger partial charge in [0.2, 0.25) is 0 Å². The van der Waals surface area contributed by atoms with Crippen molar-refractivity contribution >= 4 is 10.8 Å². The highest BCUT2D eigenvalue weighted by molar-refractivity contribution is 5.83. The summed E-state index contributed by atoms with van der Waals surface area (Å²) in [6.07, 6.45) is 0.203. The van der Waals surface area contributed by atoms with Crippen molar-refractivity contribution in [3.63, 3.8) is 0 Å². The summed E-state index contributed by atoms with van der Waals surface area (Å²) in [5.41, 5.74) is 2.58. The molecule has 0 radical (unpaired) electrons. The summed E-state index contributed by atoms with van der Waals surface area (Å²) in [6.45, 7) is 4.80. The molecular formula is C15H17NO. The molecule has 0 aliphatic carbocycles. The van der Waals surface area contributed by atoms with Crippen LogP contribution in [0.25, 0.3) is 10.8 Å². The van der Waals surface area contributed by atoms with E-state index in [1.165, 1.54) is 21.9 Å². The van der Waals surface area contributed by atoms with Crippen molar-refractivity contribution in [2.75, 3.05) is 19.7 Å². The third-order valence-corrected chi connectivity index (χ3v) is 3.32. The van der Waals surface area contributed by atoms with Crippen LogP contribution in [0.4, 0.5) is 0 Å². The molecule has 2 aromatic rings. The molecule has 2 heteroatoms. The van der Waals surface area contributed by atoms with E-state index in [0.717, 1.165) is 19.7 Å². The molecule has 1 fully saturated rings. The highest BCUT2D eigenvalue weighted by Crippen LogP contribution is 2.24. The highest BCUT2D eigenvalue weighted by Gasteiger charge is 2.15. The van der Waals surface area contributed by atoms with Gasteiger partial charge in [-0.1, -0.05) is 35.9 Å². The summed E-state index contributed by atoms with van der Waals surface area (Å²) in [6, 6.07) is 13.2. The normalized spacial score (nSPS) is 20.6. The van der Waals surface area contributed by atoms with E-state index in [9.17, 15) is 0 Å². The third-order valence-electron chi connectivity index (χ3n) is 3.32. The molecule has 0 aromatic heterocycles. The van der Waals surface area contributed by atoms with Gasteiger partial charge < -0.3 is 10.1 Å². The molecular weight excluding hydrogens is 210 g/mol. The van der Waals surface area contributed by atoms with Crippen LogP contribution in [0.5, 0.6) is 0 Å². The topological polar surface area (TPSA) is 21.3 Å². The lowest BCUT2D eigenvalue weighted by atomic mass is 10.0. The highest BCUT2D eigenvalue weighted by atomic mass is 16.5. The quantitative estimate of drug-likeness (QED) is 0.809. The number of fused-ring (bicyclic) bond motifs is 1. The zero-order valence-corrected chi connectivity index (χ0v) is 10.1.